The fraction of sp³-hybridized carbons (Fsp3) is 0.333. The molecule has 0 radical (unpaired) electrons. The zero-order valence-corrected chi connectivity index (χ0v) is 14.3. The third kappa shape index (κ3) is 4.10. The quantitative estimate of drug-likeness (QED) is 0.780. The van der Waals surface area contributed by atoms with Crippen molar-refractivity contribution >= 4 is 27.3 Å². The summed E-state index contributed by atoms with van der Waals surface area (Å²) < 4.78 is 27.2. The number of hydrogen-bond donors (Lipinski definition) is 3. The molecule has 1 amide bonds. The number of anilines is 2. The molecule has 0 aliphatic rings. The number of sulfonamides is 1. The predicted octanol–water partition coefficient (Wildman–Crippen LogP) is 2.60. The SMILES string of the molecule is CC(=O)Nc1cc(NS(=O)(=O)c2cnc(C(C)C)[nH]2)ccc1C. The van der Waals surface area contributed by atoms with E-state index in [1.807, 2.05) is 20.8 Å². The molecule has 2 aromatic rings. The molecule has 3 N–H and O–H groups in total. The predicted molar refractivity (Wildman–Crippen MR) is 89.0 cm³/mol. The number of H-pyrrole nitrogens is 1. The topological polar surface area (TPSA) is 104 Å². The van der Waals surface area contributed by atoms with Gasteiger partial charge in [0.1, 0.15) is 5.82 Å². The standard InChI is InChI=1S/C15H20N4O3S/c1-9(2)15-16-8-14(18-15)23(21,22)19-12-6-5-10(3)13(7-12)17-11(4)20/h5-9,19H,1-4H3,(H,16,18)(H,17,20). The fourth-order valence-corrected chi connectivity index (χ4v) is 2.95. The van der Waals surface area contributed by atoms with Crippen molar-refractivity contribution in [2.75, 3.05) is 10.0 Å². The highest BCUT2D eigenvalue weighted by molar-refractivity contribution is 7.92. The molecule has 0 aliphatic heterocycles. The molecule has 0 fully saturated rings. The van der Waals surface area contributed by atoms with Crippen LogP contribution in [0.3, 0.4) is 0 Å². The number of carbonyl (C=O) groups is 1. The minimum absolute atomic E-state index is 0.00264. The van der Waals surface area contributed by atoms with E-state index in [9.17, 15) is 13.2 Å². The van der Waals surface area contributed by atoms with Crippen molar-refractivity contribution in [3.05, 3.63) is 35.8 Å². The number of aryl methyl sites for hydroxylation is 1. The maximum atomic E-state index is 12.4. The van der Waals surface area contributed by atoms with Gasteiger partial charge < -0.3 is 10.3 Å². The average molecular weight is 336 g/mol. The van der Waals surface area contributed by atoms with Crippen molar-refractivity contribution in [1.29, 1.82) is 0 Å². The van der Waals surface area contributed by atoms with Crippen LogP contribution in [0.25, 0.3) is 0 Å². The van der Waals surface area contributed by atoms with Crippen LogP contribution in [-0.4, -0.2) is 24.3 Å². The van der Waals surface area contributed by atoms with Gasteiger partial charge in [0.05, 0.1) is 11.9 Å². The largest absolute Gasteiger partial charge is 0.331 e. The second kappa shape index (κ2) is 6.41. The number of nitrogens with zero attached hydrogens (tertiary/aromatic N) is 1. The number of carbonyl (C=O) groups excluding carboxylic acids is 1. The Kier molecular flexibility index (Phi) is 4.74. The average Bonchev–Trinajstić information content (AvgIpc) is 2.92. The number of amides is 1. The van der Waals surface area contributed by atoms with Crippen LogP contribution in [0.1, 0.15) is 38.1 Å². The molecule has 0 atom stereocenters. The molecule has 1 aromatic heterocycles. The van der Waals surface area contributed by atoms with Gasteiger partial charge in [0.25, 0.3) is 10.0 Å². The Labute approximate surface area is 135 Å². The van der Waals surface area contributed by atoms with Crippen LogP contribution in [0.15, 0.2) is 29.4 Å². The van der Waals surface area contributed by atoms with Gasteiger partial charge in [0, 0.05) is 18.5 Å². The van der Waals surface area contributed by atoms with Crippen molar-refractivity contribution in [2.24, 2.45) is 0 Å². The normalized spacial score (nSPS) is 11.5. The number of aromatic amines is 1. The summed E-state index contributed by atoms with van der Waals surface area (Å²) in [6.45, 7) is 7.06. The van der Waals surface area contributed by atoms with Crippen molar-refractivity contribution in [2.45, 2.75) is 38.6 Å². The van der Waals surface area contributed by atoms with Gasteiger partial charge in [0.2, 0.25) is 5.91 Å². The Balaban J connectivity index is 2.27. The van der Waals surface area contributed by atoms with Crippen LogP contribution in [-0.2, 0) is 14.8 Å². The Hall–Kier alpha value is -2.35. The van der Waals surface area contributed by atoms with Gasteiger partial charge in [-0.05, 0) is 24.6 Å². The summed E-state index contributed by atoms with van der Waals surface area (Å²) in [6.07, 6.45) is 1.29. The molecule has 1 heterocycles. The first-order chi connectivity index (χ1) is 10.7. The summed E-state index contributed by atoms with van der Waals surface area (Å²) in [5, 5.41) is 2.67. The van der Waals surface area contributed by atoms with Crippen molar-refractivity contribution in [1.82, 2.24) is 9.97 Å². The molecule has 8 heteroatoms. The smallest absolute Gasteiger partial charge is 0.278 e. The Morgan fingerprint density at radius 2 is 2.00 bits per heavy atom. The van der Waals surface area contributed by atoms with Crippen LogP contribution in [0, 0.1) is 6.92 Å². The number of rotatable bonds is 5. The molecule has 0 aliphatic carbocycles. The van der Waals surface area contributed by atoms with Crippen LogP contribution in [0.4, 0.5) is 11.4 Å². The second-order valence-electron chi connectivity index (χ2n) is 5.60. The molecule has 0 bridgehead atoms. The summed E-state index contributed by atoms with van der Waals surface area (Å²) in [5.74, 6) is 0.487. The van der Waals surface area contributed by atoms with E-state index in [2.05, 4.69) is 20.0 Å². The van der Waals surface area contributed by atoms with Gasteiger partial charge in [-0.2, -0.15) is 8.42 Å². The number of benzene rings is 1. The van der Waals surface area contributed by atoms with E-state index in [0.717, 1.165) is 5.56 Å². The molecular weight excluding hydrogens is 316 g/mol. The van der Waals surface area contributed by atoms with Gasteiger partial charge in [-0.15, -0.1) is 0 Å². The zero-order valence-electron chi connectivity index (χ0n) is 13.5. The van der Waals surface area contributed by atoms with E-state index >= 15 is 0 Å². The number of aromatic nitrogens is 2. The van der Waals surface area contributed by atoms with E-state index in [1.54, 1.807) is 18.2 Å². The first-order valence-corrected chi connectivity index (χ1v) is 8.63. The minimum atomic E-state index is -3.76. The van der Waals surface area contributed by atoms with Gasteiger partial charge in [0.15, 0.2) is 5.03 Å². The summed E-state index contributed by atoms with van der Waals surface area (Å²) in [7, 11) is -3.76. The van der Waals surface area contributed by atoms with E-state index in [0.29, 0.717) is 17.2 Å². The van der Waals surface area contributed by atoms with E-state index < -0.39 is 10.0 Å². The summed E-state index contributed by atoms with van der Waals surface area (Å²) in [4.78, 5) is 18.0. The maximum Gasteiger partial charge on any atom is 0.278 e. The zero-order chi connectivity index (χ0) is 17.2. The Bertz CT molecular complexity index is 825. The van der Waals surface area contributed by atoms with Crippen molar-refractivity contribution in [3.8, 4) is 0 Å². The first-order valence-electron chi connectivity index (χ1n) is 7.15. The number of imidazole rings is 1. The lowest BCUT2D eigenvalue weighted by atomic mass is 10.2. The molecule has 0 saturated carbocycles. The lowest BCUT2D eigenvalue weighted by molar-refractivity contribution is -0.114. The second-order valence-corrected chi connectivity index (χ2v) is 7.25. The molecular formula is C15H20N4O3S. The molecule has 124 valence electrons. The summed E-state index contributed by atoms with van der Waals surface area (Å²) in [6, 6.07) is 4.95. The van der Waals surface area contributed by atoms with E-state index in [-0.39, 0.29) is 16.9 Å². The Morgan fingerprint density at radius 1 is 1.30 bits per heavy atom. The number of hydrogen-bond acceptors (Lipinski definition) is 4. The molecule has 0 unspecified atom stereocenters. The molecule has 1 aromatic carbocycles. The highest BCUT2D eigenvalue weighted by Crippen LogP contribution is 2.23. The summed E-state index contributed by atoms with van der Waals surface area (Å²) >= 11 is 0. The van der Waals surface area contributed by atoms with Crippen LogP contribution < -0.4 is 10.0 Å². The third-order valence-electron chi connectivity index (χ3n) is 3.21. The van der Waals surface area contributed by atoms with Gasteiger partial charge in [-0.25, -0.2) is 4.98 Å². The monoisotopic (exact) mass is 336 g/mol. The Morgan fingerprint density at radius 3 is 2.57 bits per heavy atom. The van der Waals surface area contributed by atoms with Crippen LogP contribution in [0.2, 0.25) is 0 Å². The van der Waals surface area contributed by atoms with Crippen LogP contribution in [0.5, 0.6) is 0 Å². The molecule has 23 heavy (non-hydrogen) atoms. The van der Waals surface area contributed by atoms with Gasteiger partial charge in [-0.1, -0.05) is 19.9 Å². The maximum absolute atomic E-state index is 12.4. The van der Waals surface area contributed by atoms with Crippen molar-refractivity contribution < 1.29 is 13.2 Å². The third-order valence-corrected chi connectivity index (χ3v) is 4.50. The summed E-state index contributed by atoms with van der Waals surface area (Å²) in [5.41, 5.74) is 1.76. The molecule has 0 spiro atoms. The highest BCUT2D eigenvalue weighted by atomic mass is 32.2. The highest BCUT2D eigenvalue weighted by Gasteiger charge is 2.18. The minimum Gasteiger partial charge on any atom is -0.331 e. The first kappa shape index (κ1) is 17.0. The lowest BCUT2D eigenvalue weighted by Gasteiger charge is -2.11. The lowest BCUT2D eigenvalue weighted by Crippen LogP contribution is -2.14. The fourth-order valence-electron chi connectivity index (χ4n) is 1.97. The van der Waals surface area contributed by atoms with Crippen molar-refractivity contribution in [3.63, 3.8) is 0 Å². The molecule has 7 nitrogen and oxygen atoms in total. The van der Waals surface area contributed by atoms with Gasteiger partial charge in [-0.3, -0.25) is 9.52 Å². The molecule has 2 rings (SSSR count). The van der Waals surface area contributed by atoms with Gasteiger partial charge >= 0.3 is 0 Å². The van der Waals surface area contributed by atoms with E-state index in [1.165, 1.54) is 13.1 Å². The molecule has 0 saturated heterocycles. The van der Waals surface area contributed by atoms with Crippen LogP contribution >= 0.6 is 0 Å². The number of nitrogens with one attached hydrogen (secondary N) is 3. The van der Waals surface area contributed by atoms with E-state index in [4.69, 9.17) is 0 Å².